The Morgan fingerprint density at radius 3 is 1.35 bits per heavy atom. The molecule has 9 heteroatoms. The van der Waals surface area contributed by atoms with Crippen molar-refractivity contribution in [2.45, 2.75) is 13.0 Å². The van der Waals surface area contributed by atoms with Gasteiger partial charge in [-0.1, -0.05) is 0 Å². The summed E-state index contributed by atoms with van der Waals surface area (Å²) in [6.07, 6.45) is 3.62. The Labute approximate surface area is 186 Å². The second kappa shape index (κ2) is 15.1. The van der Waals surface area contributed by atoms with E-state index in [1.54, 1.807) is 29.6 Å². The van der Waals surface area contributed by atoms with Gasteiger partial charge in [-0.2, -0.15) is 0 Å². The zero-order chi connectivity index (χ0) is 18.5. The normalized spacial score (nSPS) is 18.0. The fourth-order valence-corrected chi connectivity index (χ4v) is 2.67. The Balaban J connectivity index is 0.00000625. The van der Waals surface area contributed by atoms with Gasteiger partial charge >= 0.3 is 0 Å². The Morgan fingerprint density at radius 1 is 0.769 bits per heavy atom. The molecule has 26 heavy (non-hydrogen) atoms. The maximum atomic E-state index is 10.7. The predicted molar refractivity (Wildman–Crippen MR) is 93.6 cm³/mol. The minimum absolute atomic E-state index is 0. The van der Waals surface area contributed by atoms with Crippen molar-refractivity contribution in [3.05, 3.63) is 18.6 Å². The van der Waals surface area contributed by atoms with Gasteiger partial charge in [-0.3, -0.25) is 4.90 Å². The topological polar surface area (TPSA) is 84.4 Å². The molecule has 146 valence electrons. The van der Waals surface area contributed by atoms with E-state index in [0.717, 1.165) is 0 Å². The van der Waals surface area contributed by atoms with Crippen LogP contribution in [0.15, 0.2) is 18.6 Å². The van der Waals surface area contributed by atoms with Crippen molar-refractivity contribution in [1.82, 2.24) is 19.6 Å². The molecule has 0 radical (unpaired) electrons. The third kappa shape index (κ3) is 10.9. The number of aliphatic hydroxyl groups excluding tert-OH is 1. The Hall–Kier alpha value is -1.01. The van der Waals surface area contributed by atoms with E-state index in [-0.39, 0.29) is 39.9 Å². The van der Waals surface area contributed by atoms with Gasteiger partial charge in [-0.25, -0.2) is 14.4 Å². The van der Waals surface area contributed by atoms with Gasteiger partial charge in [0.1, 0.15) is 17.8 Å². The Bertz CT molecular complexity index is 507. The number of β-amino-alcohol motifs (C(OH)–C–C–N with tert-alkyl or cyclic N) is 1. The molecule has 1 heterocycles. The molecule has 0 aromatic carbocycles. The van der Waals surface area contributed by atoms with Gasteiger partial charge < -0.3 is 19.8 Å². The molecule has 1 atom stereocenters. The van der Waals surface area contributed by atoms with Crippen LogP contribution in [-0.2, 0) is 14.4 Å². The number of carbonyl (C=O) groups excluding carboxylic acids is 3. The number of nitrogens with zero attached hydrogens (tertiary/aromatic N) is 4. The van der Waals surface area contributed by atoms with Crippen molar-refractivity contribution < 1.29 is 59.4 Å². The van der Waals surface area contributed by atoms with Crippen LogP contribution in [0.2, 0.25) is 0 Å². The van der Waals surface area contributed by atoms with E-state index in [0.29, 0.717) is 58.9 Å². The summed E-state index contributed by atoms with van der Waals surface area (Å²) in [5.41, 5.74) is 0. The molecule has 1 fully saturated rings. The molecule has 1 N–H and O–H groups in total. The standard InChI is InChI=1S/C17H26N4O4.Gd/c1-17(25)16-21-8-6-19(11-14-23)4-2-18(10-13-22)3-5-20(7-9-21)12-15-24;/h10-12,17,25H,2-9,16H2,1H3;. The van der Waals surface area contributed by atoms with Crippen molar-refractivity contribution in [3.8, 4) is 0 Å². The molecule has 1 saturated heterocycles. The SMILES string of the molecule is CC(O)CN1CCN(C=C=O)CCN(C=C=O)CCN(C=C=O)CC1.[Gd]. The van der Waals surface area contributed by atoms with Crippen LogP contribution in [0.5, 0.6) is 0 Å². The predicted octanol–water partition coefficient (Wildman–Crippen LogP) is -1.38. The molecule has 1 aliphatic heterocycles. The first kappa shape index (κ1) is 25.0. The van der Waals surface area contributed by atoms with Crippen LogP contribution >= 0.6 is 0 Å². The Kier molecular flexibility index (Phi) is 14.5. The average molecular weight is 508 g/mol. The fourth-order valence-electron chi connectivity index (χ4n) is 2.67. The molecule has 0 spiro atoms. The summed E-state index contributed by atoms with van der Waals surface area (Å²) in [4.78, 5) is 39.7. The second-order valence-corrected chi connectivity index (χ2v) is 6.00. The zero-order valence-corrected chi connectivity index (χ0v) is 17.3. The molecule has 0 aromatic heterocycles. The number of hydrogen-bond acceptors (Lipinski definition) is 8. The molecule has 0 aromatic rings. The van der Waals surface area contributed by atoms with Crippen molar-refractivity contribution in [2.75, 3.05) is 58.9 Å². The van der Waals surface area contributed by atoms with Crippen LogP contribution in [0.25, 0.3) is 0 Å². The second-order valence-electron chi connectivity index (χ2n) is 6.00. The van der Waals surface area contributed by atoms with Crippen molar-refractivity contribution in [2.24, 2.45) is 0 Å². The summed E-state index contributed by atoms with van der Waals surface area (Å²) in [5, 5.41) is 9.67. The monoisotopic (exact) mass is 508 g/mol. The summed E-state index contributed by atoms with van der Waals surface area (Å²) in [6, 6.07) is 0. The number of rotatable bonds is 5. The van der Waals surface area contributed by atoms with Crippen LogP contribution in [0.4, 0.5) is 0 Å². The van der Waals surface area contributed by atoms with Gasteiger partial charge in [0, 0.05) is 98.8 Å². The molecule has 1 unspecified atom stereocenters. The van der Waals surface area contributed by atoms with Crippen LogP contribution in [0.1, 0.15) is 6.92 Å². The van der Waals surface area contributed by atoms with E-state index in [1.165, 1.54) is 18.6 Å². The van der Waals surface area contributed by atoms with Gasteiger partial charge in [0.2, 0.25) is 0 Å². The molecular formula is C17H26GdN4O4. The maximum Gasteiger partial charge on any atom is 0.142 e. The fraction of sp³-hybridized carbons (Fsp3) is 0.647. The zero-order valence-electron chi connectivity index (χ0n) is 15.0. The number of aliphatic hydroxyl groups is 1. The van der Waals surface area contributed by atoms with Gasteiger partial charge in [-0.15, -0.1) is 0 Å². The van der Waals surface area contributed by atoms with E-state index < -0.39 is 6.10 Å². The Morgan fingerprint density at radius 2 is 1.08 bits per heavy atom. The van der Waals surface area contributed by atoms with Crippen LogP contribution < -0.4 is 0 Å². The number of hydrogen-bond donors (Lipinski definition) is 1. The smallest absolute Gasteiger partial charge is 0.142 e. The van der Waals surface area contributed by atoms with Crippen LogP contribution in [0, 0.1) is 39.9 Å². The third-order valence-corrected chi connectivity index (χ3v) is 3.98. The minimum Gasteiger partial charge on any atom is -0.392 e. The summed E-state index contributed by atoms with van der Waals surface area (Å²) >= 11 is 0. The first-order valence-electron chi connectivity index (χ1n) is 8.34. The minimum atomic E-state index is -0.466. The molecule has 8 nitrogen and oxygen atoms in total. The molecule has 0 amide bonds. The first-order valence-corrected chi connectivity index (χ1v) is 8.34. The largest absolute Gasteiger partial charge is 0.392 e. The van der Waals surface area contributed by atoms with Crippen molar-refractivity contribution in [1.29, 1.82) is 0 Å². The van der Waals surface area contributed by atoms with Gasteiger partial charge in [-0.05, 0) is 6.92 Å². The summed E-state index contributed by atoms with van der Waals surface area (Å²) < 4.78 is 0. The van der Waals surface area contributed by atoms with E-state index >= 15 is 0 Å². The van der Waals surface area contributed by atoms with Crippen LogP contribution in [0.3, 0.4) is 0 Å². The average Bonchev–Trinajstić information content (AvgIpc) is 2.57. The molecular weight excluding hydrogens is 481 g/mol. The third-order valence-electron chi connectivity index (χ3n) is 3.98. The molecule has 0 aliphatic carbocycles. The van der Waals surface area contributed by atoms with Gasteiger partial charge in [0.05, 0.1) is 24.7 Å². The van der Waals surface area contributed by atoms with Gasteiger partial charge in [0.15, 0.2) is 0 Å². The summed E-state index contributed by atoms with van der Waals surface area (Å²) in [7, 11) is 0. The maximum absolute atomic E-state index is 10.7. The van der Waals surface area contributed by atoms with Crippen molar-refractivity contribution in [3.63, 3.8) is 0 Å². The quantitative estimate of drug-likeness (QED) is 0.456. The van der Waals surface area contributed by atoms with Crippen molar-refractivity contribution >= 4 is 17.8 Å². The van der Waals surface area contributed by atoms with E-state index in [9.17, 15) is 19.5 Å². The van der Waals surface area contributed by atoms with Crippen LogP contribution in [-0.4, -0.2) is 108 Å². The molecule has 1 aliphatic rings. The van der Waals surface area contributed by atoms with E-state index in [2.05, 4.69) is 4.90 Å². The molecule has 0 bridgehead atoms. The van der Waals surface area contributed by atoms with E-state index in [4.69, 9.17) is 0 Å². The molecule has 0 saturated carbocycles. The van der Waals surface area contributed by atoms with E-state index in [1.807, 2.05) is 9.80 Å². The summed E-state index contributed by atoms with van der Waals surface area (Å²) in [6.45, 7) is 6.96. The first-order chi connectivity index (χ1) is 12.1. The summed E-state index contributed by atoms with van der Waals surface area (Å²) in [5.74, 6) is 5.37. The molecule has 1 rings (SSSR count). The van der Waals surface area contributed by atoms with Gasteiger partial charge in [0.25, 0.3) is 0 Å².